The average molecular weight is 820 g/mol. The first-order chi connectivity index (χ1) is 30.6. The van der Waals surface area contributed by atoms with Gasteiger partial charge in [-0.2, -0.15) is 0 Å². The number of nitrogens with zero attached hydrogens (tertiary/aromatic N) is 1. The Balaban J connectivity index is 1.02. The Kier molecular flexibility index (Phi) is 9.90. The molecule has 5 heteroatoms. The lowest BCUT2D eigenvalue weighted by atomic mass is 9.66. The third kappa shape index (κ3) is 6.48. The Labute approximate surface area is 367 Å². The largest absolute Gasteiger partial charge is 0.391 e. The highest BCUT2D eigenvalue weighted by Gasteiger charge is 2.50. The van der Waals surface area contributed by atoms with Gasteiger partial charge < -0.3 is 5.11 Å². The molecule has 0 amide bonds. The highest BCUT2D eigenvalue weighted by molar-refractivity contribution is 8.03. The van der Waals surface area contributed by atoms with Crippen molar-refractivity contribution in [1.82, 2.24) is 15.6 Å². The quantitative estimate of drug-likeness (QED) is 0.150. The zero-order valence-corrected chi connectivity index (χ0v) is 35.0. The Morgan fingerprint density at radius 1 is 0.613 bits per heavy atom. The first-order valence-corrected chi connectivity index (χ1v) is 22.2. The highest BCUT2D eigenvalue weighted by Crippen LogP contribution is 2.62. The van der Waals surface area contributed by atoms with Gasteiger partial charge in [-0.05, 0) is 79.8 Å². The van der Waals surface area contributed by atoms with E-state index in [1.807, 2.05) is 24.4 Å². The summed E-state index contributed by atoms with van der Waals surface area (Å²) in [6, 6.07) is 64.4. The summed E-state index contributed by atoms with van der Waals surface area (Å²) >= 11 is 1.80. The standard InChI is InChI=1S/C57H45N3OS/c1-2-47-52(33-31-43-36-51(61)55(60-56(59-43)41-17-7-4-8-18-41)40-28-26-38(27-29-40)37-15-5-3-6-16-37)62-53-35-42(44-23-13-19-39-20-14-34-58-54(39)44)30-32-50(53)57(47)48-24-11-9-21-45(48)46-22-10-12-25-49(46)57/h2-35,43,51,55-56,59-61H,1,36H2/b33-31+/t43?,51-,55?,56?/m1/s1. The van der Waals surface area contributed by atoms with E-state index in [1.165, 1.54) is 38.3 Å². The number of aliphatic hydroxyl groups is 1. The molecule has 0 saturated carbocycles. The lowest BCUT2D eigenvalue weighted by Crippen LogP contribution is -2.38. The maximum atomic E-state index is 12.1. The van der Waals surface area contributed by atoms with Gasteiger partial charge in [0.2, 0.25) is 0 Å². The van der Waals surface area contributed by atoms with Gasteiger partial charge in [0, 0.05) is 33.0 Å². The molecule has 4 atom stereocenters. The van der Waals surface area contributed by atoms with Gasteiger partial charge in [0.1, 0.15) is 0 Å². The van der Waals surface area contributed by atoms with Crippen molar-refractivity contribution in [3.05, 3.63) is 251 Å². The van der Waals surface area contributed by atoms with Gasteiger partial charge >= 0.3 is 0 Å². The molecule has 0 bridgehead atoms. The maximum absolute atomic E-state index is 12.1. The molecular weight excluding hydrogens is 775 g/mol. The van der Waals surface area contributed by atoms with Gasteiger partial charge in [-0.25, -0.2) is 0 Å². The third-order valence-corrected chi connectivity index (χ3v) is 14.1. The summed E-state index contributed by atoms with van der Waals surface area (Å²) in [5.41, 5.74) is 14.6. The third-order valence-electron chi connectivity index (χ3n) is 13.0. The second-order valence-corrected chi connectivity index (χ2v) is 17.5. The van der Waals surface area contributed by atoms with Crippen LogP contribution in [-0.2, 0) is 5.41 Å². The SMILES string of the molecule is C=CC1=C(/C=C/C2C[C@@H](O)C(c3ccc(-c4ccccc4)cc3)NC(c3ccccc3)N2)Sc2cc(-c3cccc4cccnc34)ccc2C12c1ccccc1-c1ccccc12. The molecule has 3 unspecified atom stereocenters. The Morgan fingerprint density at radius 3 is 2.00 bits per heavy atom. The van der Waals surface area contributed by atoms with E-state index in [4.69, 9.17) is 4.98 Å². The molecule has 3 aliphatic rings. The number of aromatic nitrogens is 1. The highest BCUT2D eigenvalue weighted by atomic mass is 32.2. The van der Waals surface area contributed by atoms with E-state index >= 15 is 0 Å². The molecule has 300 valence electrons. The summed E-state index contributed by atoms with van der Waals surface area (Å²) in [5.74, 6) is 0. The van der Waals surface area contributed by atoms with Crippen molar-refractivity contribution < 1.29 is 5.11 Å². The number of para-hydroxylation sites is 1. The van der Waals surface area contributed by atoms with Gasteiger partial charge in [-0.3, -0.25) is 15.6 Å². The average Bonchev–Trinajstić information content (AvgIpc) is 3.50. The zero-order chi connectivity index (χ0) is 41.6. The van der Waals surface area contributed by atoms with Gasteiger partial charge in [-0.1, -0.05) is 206 Å². The van der Waals surface area contributed by atoms with Crippen LogP contribution in [0.3, 0.4) is 0 Å². The van der Waals surface area contributed by atoms with E-state index in [2.05, 4.69) is 199 Å². The van der Waals surface area contributed by atoms with Crippen LogP contribution < -0.4 is 10.6 Å². The number of benzene rings is 7. The lowest BCUT2D eigenvalue weighted by molar-refractivity contribution is 0.122. The summed E-state index contributed by atoms with van der Waals surface area (Å²) < 4.78 is 0. The monoisotopic (exact) mass is 819 g/mol. The lowest BCUT2D eigenvalue weighted by Gasteiger charge is -2.40. The Hall–Kier alpha value is -6.60. The van der Waals surface area contributed by atoms with Gasteiger partial charge in [0.15, 0.2) is 0 Å². The molecule has 1 saturated heterocycles. The molecule has 4 nitrogen and oxygen atoms in total. The minimum Gasteiger partial charge on any atom is -0.391 e. The number of nitrogens with one attached hydrogen (secondary N) is 2. The molecule has 3 heterocycles. The molecule has 1 aliphatic carbocycles. The molecule has 62 heavy (non-hydrogen) atoms. The first kappa shape index (κ1) is 38.3. The summed E-state index contributed by atoms with van der Waals surface area (Å²) in [4.78, 5) is 7.16. The summed E-state index contributed by atoms with van der Waals surface area (Å²) in [7, 11) is 0. The van der Waals surface area contributed by atoms with Crippen LogP contribution in [0.15, 0.2) is 228 Å². The smallest absolute Gasteiger partial charge is 0.0845 e. The number of rotatable bonds is 7. The second kappa shape index (κ2) is 16.0. The van der Waals surface area contributed by atoms with E-state index in [9.17, 15) is 5.11 Å². The summed E-state index contributed by atoms with van der Waals surface area (Å²) in [5, 5.41) is 21.0. The van der Waals surface area contributed by atoms with E-state index in [0.717, 1.165) is 49.2 Å². The Morgan fingerprint density at radius 2 is 1.26 bits per heavy atom. The number of hydrogen-bond acceptors (Lipinski definition) is 5. The van der Waals surface area contributed by atoms with Crippen LogP contribution in [0.25, 0.3) is 44.3 Å². The van der Waals surface area contributed by atoms with E-state index in [1.54, 1.807) is 11.8 Å². The molecule has 2 aliphatic heterocycles. The first-order valence-electron chi connectivity index (χ1n) is 21.4. The van der Waals surface area contributed by atoms with E-state index in [-0.39, 0.29) is 18.2 Å². The second-order valence-electron chi connectivity index (χ2n) is 16.4. The van der Waals surface area contributed by atoms with E-state index in [0.29, 0.717) is 6.42 Å². The summed E-state index contributed by atoms with van der Waals surface area (Å²) in [6.45, 7) is 4.54. The Bertz CT molecular complexity index is 2980. The molecule has 7 aromatic carbocycles. The minimum atomic E-state index is -0.655. The van der Waals surface area contributed by atoms with Crippen LogP contribution in [0.1, 0.15) is 46.4 Å². The fourth-order valence-electron chi connectivity index (χ4n) is 10.1. The van der Waals surface area contributed by atoms with E-state index < -0.39 is 11.5 Å². The van der Waals surface area contributed by atoms with Gasteiger partial charge in [0.25, 0.3) is 0 Å². The predicted molar refractivity (Wildman–Crippen MR) is 256 cm³/mol. The molecule has 1 fully saturated rings. The number of allylic oxidation sites excluding steroid dienone is 3. The maximum Gasteiger partial charge on any atom is 0.0845 e. The number of fused-ring (bicyclic) bond motifs is 8. The van der Waals surface area contributed by atoms with Crippen LogP contribution in [0.2, 0.25) is 0 Å². The van der Waals surface area contributed by atoms with Crippen LogP contribution >= 0.6 is 11.8 Å². The van der Waals surface area contributed by atoms with Gasteiger partial charge in [0.05, 0.1) is 29.2 Å². The van der Waals surface area contributed by atoms with Crippen molar-refractivity contribution in [3.8, 4) is 33.4 Å². The van der Waals surface area contributed by atoms with Crippen LogP contribution in [0, 0.1) is 0 Å². The molecule has 0 radical (unpaired) electrons. The van der Waals surface area contributed by atoms with Crippen molar-refractivity contribution in [1.29, 1.82) is 0 Å². The normalized spacial score (nSPS) is 20.1. The number of hydrogen-bond donors (Lipinski definition) is 3. The van der Waals surface area contributed by atoms with Crippen molar-refractivity contribution in [3.63, 3.8) is 0 Å². The van der Waals surface area contributed by atoms with Gasteiger partial charge in [-0.15, -0.1) is 0 Å². The minimum absolute atomic E-state index is 0.149. The predicted octanol–water partition coefficient (Wildman–Crippen LogP) is 12.7. The fourth-order valence-corrected chi connectivity index (χ4v) is 11.4. The van der Waals surface area contributed by atoms with Crippen LogP contribution in [0.4, 0.5) is 0 Å². The van der Waals surface area contributed by atoms with Crippen molar-refractivity contribution >= 4 is 22.7 Å². The van der Waals surface area contributed by atoms with Crippen molar-refractivity contribution in [2.45, 2.75) is 41.1 Å². The number of aliphatic hydroxyl groups excluding tert-OH is 1. The number of thioether (sulfide) groups is 1. The molecule has 1 spiro atoms. The topological polar surface area (TPSA) is 57.2 Å². The molecule has 11 rings (SSSR count). The van der Waals surface area contributed by atoms with Crippen molar-refractivity contribution in [2.24, 2.45) is 0 Å². The number of pyridine rings is 1. The molecule has 3 N–H and O–H groups in total. The van der Waals surface area contributed by atoms with Crippen LogP contribution in [-0.4, -0.2) is 22.2 Å². The molecule has 1 aromatic heterocycles. The molecular formula is C57H45N3OS. The fraction of sp³-hybridized carbons (Fsp3) is 0.105. The zero-order valence-electron chi connectivity index (χ0n) is 34.2. The van der Waals surface area contributed by atoms with Crippen LogP contribution in [0.5, 0.6) is 0 Å². The molecule has 8 aromatic rings. The van der Waals surface area contributed by atoms with Crippen molar-refractivity contribution in [2.75, 3.05) is 0 Å². The summed E-state index contributed by atoms with van der Waals surface area (Å²) in [6.07, 6.45) is 8.16.